The Hall–Kier alpha value is -3.29. The molecule has 0 saturated carbocycles. The Bertz CT molecular complexity index is 1290. The minimum absolute atomic E-state index is 0.466. The van der Waals surface area contributed by atoms with Gasteiger partial charge in [0.15, 0.2) is 5.82 Å². The highest BCUT2D eigenvalue weighted by Crippen LogP contribution is 2.27. The summed E-state index contributed by atoms with van der Waals surface area (Å²) in [4.78, 5) is 17.4. The van der Waals surface area contributed by atoms with E-state index in [0.29, 0.717) is 28.1 Å². The number of hydrogen-bond acceptors (Lipinski definition) is 6. The number of rotatable bonds is 2. The van der Waals surface area contributed by atoms with Gasteiger partial charge in [-0.3, -0.25) is 0 Å². The molecule has 0 spiro atoms. The SMILES string of the molecule is COc1ccc2ccc3cc(ccc3N3CCN(C)CC3)nc3[nH]c(nc1c2)C(Cl)=CN3. The van der Waals surface area contributed by atoms with Gasteiger partial charge in [-0.15, -0.1) is 0 Å². The molecule has 0 aliphatic carbocycles. The van der Waals surface area contributed by atoms with E-state index in [0.717, 1.165) is 42.5 Å². The molecule has 0 unspecified atom stereocenters. The van der Waals surface area contributed by atoms with E-state index in [1.165, 1.54) is 5.69 Å². The number of likely N-dealkylation sites (N-methyl/N-ethyl adjacent to an activating group) is 1. The van der Waals surface area contributed by atoms with Crippen molar-refractivity contribution in [3.05, 3.63) is 60.6 Å². The van der Waals surface area contributed by atoms with Crippen molar-refractivity contribution in [3.8, 4) is 5.75 Å². The van der Waals surface area contributed by atoms with Gasteiger partial charge < -0.3 is 24.8 Å². The summed E-state index contributed by atoms with van der Waals surface area (Å²) in [7, 11) is 3.80. The molecule has 6 bridgehead atoms. The molecule has 0 radical (unpaired) electrons. The number of nitrogens with one attached hydrogen (secondary N) is 2. The minimum Gasteiger partial charge on any atom is -0.494 e. The molecule has 2 aromatic carbocycles. The van der Waals surface area contributed by atoms with Crippen LogP contribution in [-0.2, 0) is 0 Å². The molecule has 7 nitrogen and oxygen atoms in total. The van der Waals surface area contributed by atoms with Gasteiger partial charge in [-0.05, 0) is 48.2 Å². The molecule has 2 N–H and O–H groups in total. The van der Waals surface area contributed by atoms with Crippen molar-refractivity contribution >= 4 is 50.1 Å². The van der Waals surface area contributed by atoms with Crippen LogP contribution >= 0.6 is 11.6 Å². The molecule has 32 heavy (non-hydrogen) atoms. The zero-order valence-corrected chi connectivity index (χ0v) is 18.9. The third-order valence-electron chi connectivity index (χ3n) is 5.79. The number of benzene rings is 2. The molecule has 1 aromatic heterocycles. The molecule has 2 aliphatic rings. The highest BCUT2D eigenvalue weighted by molar-refractivity contribution is 6.48. The molecule has 8 heteroatoms. The second-order valence-corrected chi connectivity index (χ2v) is 8.39. The second kappa shape index (κ2) is 8.68. The highest BCUT2D eigenvalue weighted by atomic mass is 35.5. The fourth-order valence-corrected chi connectivity index (χ4v) is 4.11. The van der Waals surface area contributed by atoms with Crippen LogP contribution in [0.2, 0.25) is 0 Å². The molecular weight excluding hydrogens is 424 g/mol. The van der Waals surface area contributed by atoms with E-state index in [2.05, 4.69) is 51.4 Å². The fraction of sp³-hybridized carbons (Fsp3) is 0.250. The Kier molecular flexibility index (Phi) is 5.59. The molecule has 5 rings (SSSR count). The molecule has 2 aliphatic heterocycles. The number of methoxy groups -OCH3 is 1. The zero-order valence-electron chi connectivity index (χ0n) is 18.1. The topological polar surface area (TPSA) is 69.3 Å². The van der Waals surface area contributed by atoms with Gasteiger partial charge in [0.2, 0.25) is 5.95 Å². The van der Waals surface area contributed by atoms with Crippen LogP contribution in [0.15, 0.2) is 54.7 Å². The number of fused-ring (bicyclic) bond motifs is 6. The van der Waals surface area contributed by atoms with Crippen LogP contribution in [0.25, 0.3) is 26.8 Å². The summed E-state index contributed by atoms with van der Waals surface area (Å²) < 4.78 is 5.51. The predicted octanol–water partition coefficient (Wildman–Crippen LogP) is 4.52. The number of anilines is 2. The predicted molar refractivity (Wildman–Crippen MR) is 132 cm³/mol. The number of aromatic amines is 1. The van der Waals surface area contributed by atoms with Crippen molar-refractivity contribution in [1.82, 2.24) is 19.9 Å². The Morgan fingerprint density at radius 3 is 2.59 bits per heavy atom. The van der Waals surface area contributed by atoms with Crippen molar-refractivity contribution in [2.45, 2.75) is 0 Å². The average molecular weight is 449 g/mol. The molecular formula is C24H25ClN6O. The lowest BCUT2D eigenvalue weighted by Crippen LogP contribution is -2.44. The molecule has 1 saturated heterocycles. The monoisotopic (exact) mass is 448 g/mol. The van der Waals surface area contributed by atoms with E-state index < -0.39 is 0 Å². The van der Waals surface area contributed by atoms with Crippen LogP contribution < -0.4 is 15.0 Å². The Balaban J connectivity index is 1.77. The third kappa shape index (κ3) is 4.22. The third-order valence-corrected chi connectivity index (χ3v) is 6.07. The van der Waals surface area contributed by atoms with Gasteiger partial charge in [-0.2, -0.15) is 0 Å². The number of H-pyrrole nitrogens is 1. The molecule has 3 aromatic rings. The number of piperazine rings is 1. The average Bonchev–Trinajstić information content (AvgIpc) is 2.81. The van der Waals surface area contributed by atoms with Crippen molar-refractivity contribution in [3.63, 3.8) is 0 Å². The van der Waals surface area contributed by atoms with Crippen LogP contribution in [-0.4, -0.2) is 60.2 Å². The largest absolute Gasteiger partial charge is 0.494 e. The quantitative estimate of drug-likeness (QED) is 0.600. The lowest BCUT2D eigenvalue weighted by molar-refractivity contribution is 0.313. The van der Waals surface area contributed by atoms with Crippen LogP contribution in [0.4, 0.5) is 11.6 Å². The van der Waals surface area contributed by atoms with E-state index in [4.69, 9.17) is 26.3 Å². The summed E-state index contributed by atoms with van der Waals surface area (Å²) in [5.41, 5.74) is 2.74. The molecule has 1 fully saturated rings. The summed E-state index contributed by atoms with van der Waals surface area (Å²) in [5.74, 6) is 1.74. The van der Waals surface area contributed by atoms with Crippen molar-refractivity contribution in [2.75, 3.05) is 50.6 Å². The summed E-state index contributed by atoms with van der Waals surface area (Å²) in [6.07, 6.45) is 1.68. The normalized spacial score (nSPS) is 15.7. The van der Waals surface area contributed by atoms with Gasteiger partial charge in [0.1, 0.15) is 11.3 Å². The summed E-state index contributed by atoms with van der Waals surface area (Å²) in [5, 5.41) is 5.71. The summed E-state index contributed by atoms with van der Waals surface area (Å²) >= 11 is 6.38. The smallest absolute Gasteiger partial charge is 0.206 e. The van der Waals surface area contributed by atoms with Gasteiger partial charge in [0, 0.05) is 38.1 Å². The maximum absolute atomic E-state index is 6.38. The fourth-order valence-electron chi connectivity index (χ4n) is 3.96. The van der Waals surface area contributed by atoms with E-state index in [1.54, 1.807) is 13.3 Å². The molecule has 0 atom stereocenters. The highest BCUT2D eigenvalue weighted by Gasteiger charge is 2.15. The van der Waals surface area contributed by atoms with Gasteiger partial charge in [-0.25, -0.2) is 9.97 Å². The maximum atomic E-state index is 6.38. The first kappa shape index (κ1) is 20.6. The zero-order chi connectivity index (χ0) is 22.1. The van der Waals surface area contributed by atoms with Crippen molar-refractivity contribution in [1.29, 1.82) is 0 Å². The van der Waals surface area contributed by atoms with Crippen LogP contribution in [0.5, 0.6) is 5.75 Å². The lowest BCUT2D eigenvalue weighted by Gasteiger charge is -2.34. The standard InChI is InChI=1S/C24H25ClN6O/c1-30-9-11-31(12-10-30)21-7-6-18-14-17(21)5-3-16-4-8-22(32-2)20(13-16)28-23-19(25)15-26-24(27-18)29-23/h3-8,13-15H,9-12H2,1-2H3,(H2,26,27,28,29). The van der Waals surface area contributed by atoms with E-state index in [1.807, 2.05) is 24.3 Å². The minimum atomic E-state index is 0.466. The Labute approximate surface area is 191 Å². The molecule has 0 amide bonds. The van der Waals surface area contributed by atoms with Crippen LogP contribution in [0.1, 0.15) is 5.82 Å². The van der Waals surface area contributed by atoms with E-state index in [9.17, 15) is 0 Å². The van der Waals surface area contributed by atoms with Gasteiger partial charge in [0.05, 0.1) is 17.7 Å². The maximum Gasteiger partial charge on any atom is 0.206 e. The number of ether oxygens (including phenoxy) is 1. The van der Waals surface area contributed by atoms with E-state index >= 15 is 0 Å². The lowest BCUT2D eigenvalue weighted by atomic mass is 10.1. The Morgan fingerprint density at radius 1 is 0.969 bits per heavy atom. The second-order valence-electron chi connectivity index (χ2n) is 7.98. The van der Waals surface area contributed by atoms with Crippen LogP contribution in [0.3, 0.4) is 0 Å². The first-order valence-electron chi connectivity index (χ1n) is 10.6. The van der Waals surface area contributed by atoms with Gasteiger partial charge in [0.25, 0.3) is 0 Å². The summed E-state index contributed by atoms with van der Waals surface area (Å²) in [6.45, 7) is 4.11. The first-order chi connectivity index (χ1) is 15.6. The Morgan fingerprint density at radius 2 is 1.78 bits per heavy atom. The first-order valence-corrected chi connectivity index (χ1v) is 11.0. The van der Waals surface area contributed by atoms with Crippen LogP contribution in [0, 0.1) is 0 Å². The summed E-state index contributed by atoms with van der Waals surface area (Å²) in [6, 6.07) is 16.5. The van der Waals surface area contributed by atoms with E-state index in [-0.39, 0.29) is 0 Å². The van der Waals surface area contributed by atoms with Gasteiger partial charge >= 0.3 is 0 Å². The van der Waals surface area contributed by atoms with Gasteiger partial charge in [-0.1, -0.05) is 29.8 Å². The molecule has 3 heterocycles. The number of aromatic nitrogens is 3. The van der Waals surface area contributed by atoms with Crippen molar-refractivity contribution in [2.24, 2.45) is 0 Å². The number of halogens is 1. The molecule has 164 valence electrons. The number of nitrogens with zero attached hydrogens (tertiary/aromatic N) is 4. The number of hydrogen-bond donors (Lipinski definition) is 2. The van der Waals surface area contributed by atoms with Crippen molar-refractivity contribution < 1.29 is 4.74 Å².